The lowest BCUT2D eigenvalue weighted by Crippen LogP contribution is -2.10. The van der Waals surface area contributed by atoms with Gasteiger partial charge in [-0.15, -0.1) is 22.9 Å². The first-order chi connectivity index (χ1) is 10.3. The molecule has 0 radical (unpaired) electrons. The Labute approximate surface area is 134 Å². The van der Waals surface area contributed by atoms with E-state index in [1.165, 1.54) is 20.8 Å². The highest BCUT2D eigenvalue weighted by atomic mass is 35.5. The van der Waals surface area contributed by atoms with Gasteiger partial charge >= 0.3 is 0 Å². The van der Waals surface area contributed by atoms with Crippen molar-refractivity contribution in [2.24, 2.45) is 5.92 Å². The summed E-state index contributed by atoms with van der Waals surface area (Å²) >= 11 is 7.98. The van der Waals surface area contributed by atoms with Gasteiger partial charge in [0.2, 0.25) is 0 Å². The van der Waals surface area contributed by atoms with Crippen LogP contribution in [-0.4, -0.2) is 10.9 Å². The maximum Gasteiger partial charge on any atom is 0.0941 e. The molecule has 1 unspecified atom stereocenters. The molecule has 0 aliphatic rings. The van der Waals surface area contributed by atoms with Crippen molar-refractivity contribution in [3.8, 4) is 0 Å². The number of para-hydroxylation sites is 1. The number of halogens is 1. The van der Waals surface area contributed by atoms with E-state index in [1.54, 1.807) is 11.3 Å². The quantitative estimate of drug-likeness (QED) is 0.586. The van der Waals surface area contributed by atoms with Crippen molar-refractivity contribution in [1.82, 2.24) is 4.98 Å². The van der Waals surface area contributed by atoms with E-state index >= 15 is 0 Å². The van der Waals surface area contributed by atoms with E-state index in [4.69, 9.17) is 16.6 Å². The van der Waals surface area contributed by atoms with Crippen LogP contribution in [0.3, 0.4) is 0 Å². The minimum atomic E-state index is 0.438. The number of fused-ring (bicyclic) bond motifs is 1. The van der Waals surface area contributed by atoms with E-state index in [9.17, 15) is 0 Å². The number of hydrogen-bond acceptors (Lipinski definition) is 2. The fraction of sp³-hybridized carbons (Fsp3) is 0.278. The molecule has 3 heteroatoms. The van der Waals surface area contributed by atoms with Crippen LogP contribution in [0.15, 0.2) is 48.5 Å². The Hall–Kier alpha value is -1.38. The van der Waals surface area contributed by atoms with E-state index in [0.717, 1.165) is 18.4 Å². The summed E-state index contributed by atoms with van der Waals surface area (Å²) in [5.74, 6) is 1.11. The minimum Gasteiger partial charge on any atom is -0.241 e. The number of alkyl halides is 1. The molecule has 108 valence electrons. The van der Waals surface area contributed by atoms with Crippen molar-refractivity contribution >= 4 is 33.2 Å². The highest BCUT2D eigenvalue weighted by Crippen LogP contribution is 2.25. The Morgan fingerprint density at radius 3 is 2.57 bits per heavy atom. The minimum absolute atomic E-state index is 0.438. The van der Waals surface area contributed by atoms with Gasteiger partial charge in [0.05, 0.1) is 15.2 Å². The number of aryl methyl sites for hydroxylation is 1. The fourth-order valence-corrected chi connectivity index (χ4v) is 3.89. The van der Waals surface area contributed by atoms with Crippen molar-refractivity contribution < 1.29 is 0 Å². The number of benzene rings is 2. The van der Waals surface area contributed by atoms with E-state index < -0.39 is 0 Å². The summed E-state index contributed by atoms with van der Waals surface area (Å²) in [6, 6.07) is 16.9. The topological polar surface area (TPSA) is 12.9 Å². The molecule has 1 aromatic heterocycles. The SMILES string of the molecule is Cc1ccccc1CC(CCl)Cc1nc2ccccc2s1. The van der Waals surface area contributed by atoms with Crippen LogP contribution in [-0.2, 0) is 12.8 Å². The highest BCUT2D eigenvalue weighted by Gasteiger charge is 2.14. The highest BCUT2D eigenvalue weighted by molar-refractivity contribution is 7.18. The van der Waals surface area contributed by atoms with Crippen molar-refractivity contribution in [3.63, 3.8) is 0 Å². The zero-order chi connectivity index (χ0) is 14.7. The average molecular weight is 316 g/mol. The van der Waals surface area contributed by atoms with Crippen LogP contribution in [0.25, 0.3) is 10.2 Å². The van der Waals surface area contributed by atoms with Gasteiger partial charge in [0.15, 0.2) is 0 Å². The maximum absolute atomic E-state index is 6.20. The normalized spacial score (nSPS) is 12.7. The first-order valence-electron chi connectivity index (χ1n) is 7.21. The summed E-state index contributed by atoms with van der Waals surface area (Å²) < 4.78 is 1.26. The van der Waals surface area contributed by atoms with Crippen molar-refractivity contribution in [1.29, 1.82) is 0 Å². The van der Waals surface area contributed by atoms with Gasteiger partial charge in [-0.05, 0) is 42.5 Å². The molecule has 1 heterocycles. The van der Waals surface area contributed by atoms with E-state index in [2.05, 4.69) is 49.4 Å². The summed E-state index contributed by atoms with van der Waals surface area (Å²) in [6.07, 6.45) is 1.98. The third-order valence-corrected chi connectivity index (χ3v) is 5.28. The molecular weight excluding hydrogens is 298 g/mol. The lowest BCUT2D eigenvalue weighted by atomic mass is 9.95. The van der Waals surface area contributed by atoms with E-state index in [-0.39, 0.29) is 0 Å². The molecule has 0 saturated heterocycles. The zero-order valence-corrected chi connectivity index (χ0v) is 13.6. The largest absolute Gasteiger partial charge is 0.241 e. The van der Waals surface area contributed by atoms with Crippen LogP contribution in [0.5, 0.6) is 0 Å². The van der Waals surface area contributed by atoms with Gasteiger partial charge in [0.25, 0.3) is 0 Å². The number of nitrogens with zero attached hydrogens (tertiary/aromatic N) is 1. The molecular formula is C18H18ClNS. The first-order valence-corrected chi connectivity index (χ1v) is 8.56. The van der Waals surface area contributed by atoms with Gasteiger partial charge in [0.1, 0.15) is 0 Å². The van der Waals surface area contributed by atoms with Crippen LogP contribution in [0.1, 0.15) is 16.1 Å². The van der Waals surface area contributed by atoms with Crippen LogP contribution < -0.4 is 0 Å². The van der Waals surface area contributed by atoms with Crippen LogP contribution in [0.4, 0.5) is 0 Å². The summed E-state index contributed by atoms with van der Waals surface area (Å²) in [5, 5.41) is 1.19. The molecule has 0 fully saturated rings. The molecule has 0 saturated carbocycles. The van der Waals surface area contributed by atoms with Gasteiger partial charge < -0.3 is 0 Å². The molecule has 21 heavy (non-hydrogen) atoms. The number of hydrogen-bond donors (Lipinski definition) is 0. The molecule has 0 N–H and O–H groups in total. The van der Waals surface area contributed by atoms with Gasteiger partial charge in [-0.2, -0.15) is 0 Å². The molecule has 0 amide bonds. The maximum atomic E-state index is 6.20. The third-order valence-electron chi connectivity index (χ3n) is 3.79. The standard InChI is InChI=1S/C18H18ClNS/c1-13-6-2-3-7-15(13)10-14(12-19)11-18-20-16-8-4-5-9-17(16)21-18/h2-9,14H,10-12H2,1H3. The molecule has 3 aromatic rings. The monoisotopic (exact) mass is 315 g/mol. The summed E-state index contributed by atoms with van der Waals surface area (Å²) in [7, 11) is 0. The van der Waals surface area contributed by atoms with Gasteiger partial charge in [-0.3, -0.25) is 0 Å². The van der Waals surface area contributed by atoms with Gasteiger partial charge in [0, 0.05) is 12.3 Å². The molecule has 0 spiro atoms. The zero-order valence-electron chi connectivity index (χ0n) is 12.1. The average Bonchev–Trinajstić information content (AvgIpc) is 2.91. The predicted molar refractivity (Wildman–Crippen MR) is 92.4 cm³/mol. The van der Waals surface area contributed by atoms with E-state index in [0.29, 0.717) is 11.8 Å². The summed E-state index contributed by atoms with van der Waals surface area (Å²) in [6.45, 7) is 2.16. The Morgan fingerprint density at radius 2 is 1.81 bits per heavy atom. The molecule has 0 bridgehead atoms. The predicted octanol–water partition coefficient (Wildman–Crippen LogP) is 5.24. The summed E-state index contributed by atoms with van der Waals surface area (Å²) in [4.78, 5) is 4.72. The van der Waals surface area contributed by atoms with Crippen LogP contribution >= 0.6 is 22.9 Å². The van der Waals surface area contributed by atoms with E-state index in [1.807, 2.05) is 6.07 Å². The van der Waals surface area contributed by atoms with Crippen molar-refractivity contribution in [2.75, 3.05) is 5.88 Å². The Bertz CT molecular complexity index is 702. The Morgan fingerprint density at radius 1 is 1.05 bits per heavy atom. The molecule has 1 nitrogen and oxygen atoms in total. The Kier molecular flexibility index (Phi) is 4.57. The van der Waals surface area contributed by atoms with Crippen LogP contribution in [0.2, 0.25) is 0 Å². The summed E-state index contributed by atoms with van der Waals surface area (Å²) in [5.41, 5.74) is 3.84. The van der Waals surface area contributed by atoms with Crippen molar-refractivity contribution in [3.05, 3.63) is 64.7 Å². The fourth-order valence-electron chi connectivity index (χ4n) is 2.59. The van der Waals surface area contributed by atoms with Crippen molar-refractivity contribution in [2.45, 2.75) is 19.8 Å². The Balaban J connectivity index is 1.76. The first kappa shape index (κ1) is 14.6. The number of rotatable bonds is 5. The molecule has 2 aromatic carbocycles. The molecule has 3 rings (SSSR count). The number of thiazole rings is 1. The molecule has 0 aliphatic carbocycles. The lowest BCUT2D eigenvalue weighted by molar-refractivity contribution is 0.581. The number of aromatic nitrogens is 1. The second-order valence-corrected chi connectivity index (χ2v) is 6.85. The molecule has 0 aliphatic heterocycles. The smallest absolute Gasteiger partial charge is 0.0941 e. The molecule has 1 atom stereocenters. The van der Waals surface area contributed by atoms with Gasteiger partial charge in [-0.1, -0.05) is 36.4 Å². The third kappa shape index (κ3) is 3.45. The van der Waals surface area contributed by atoms with Gasteiger partial charge in [-0.25, -0.2) is 4.98 Å². The lowest BCUT2D eigenvalue weighted by Gasteiger charge is -2.14. The second kappa shape index (κ2) is 6.59. The van der Waals surface area contributed by atoms with Crippen LogP contribution in [0, 0.1) is 12.8 Å². The second-order valence-electron chi connectivity index (χ2n) is 5.43.